The Bertz CT molecular complexity index is 566. The number of hydrogen-bond acceptors (Lipinski definition) is 4. The maximum atomic E-state index is 13.6. The standard InChI is InChI=1S/C12H10ClFN2O2/c1-18-12-10(15-4-5-16-12)11(17)8-6-7(13)2-3-9(8)14/h2-6,11,17H,1H3. The molecule has 0 aliphatic carbocycles. The van der Waals surface area contributed by atoms with Gasteiger partial charge in [0.25, 0.3) is 0 Å². The highest BCUT2D eigenvalue weighted by atomic mass is 35.5. The van der Waals surface area contributed by atoms with Crippen molar-refractivity contribution in [2.45, 2.75) is 6.10 Å². The highest BCUT2D eigenvalue weighted by Gasteiger charge is 2.21. The highest BCUT2D eigenvalue weighted by Crippen LogP contribution is 2.29. The van der Waals surface area contributed by atoms with Crippen LogP contribution in [0.15, 0.2) is 30.6 Å². The van der Waals surface area contributed by atoms with E-state index in [1.54, 1.807) is 0 Å². The van der Waals surface area contributed by atoms with Crippen molar-refractivity contribution < 1.29 is 14.2 Å². The minimum Gasteiger partial charge on any atom is -0.480 e. The van der Waals surface area contributed by atoms with Crippen LogP contribution >= 0.6 is 11.6 Å². The van der Waals surface area contributed by atoms with E-state index in [-0.39, 0.29) is 17.1 Å². The van der Waals surface area contributed by atoms with Crippen LogP contribution in [-0.2, 0) is 0 Å². The number of aromatic nitrogens is 2. The van der Waals surface area contributed by atoms with E-state index in [9.17, 15) is 9.50 Å². The van der Waals surface area contributed by atoms with Crippen molar-refractivity contribution in [3.63, 3.8) is 0 Å². The van der Waals surface area contributed by atoms with Crippen LogP contribution in [0.25, 0.3) is 0 Å². The number of nitrogens with zero attached hydrogens (tertiary/aromatic N) is 2. The summed E-state index contributed by atoms with van der Waals surface area (Å²) in [5.74, 6) is -0.427. The number of halogens is 2. The molecular weight excluding hydrogens is 259 g/mol. The number of ether oxygens (including phenoxy) is 1. The molecular formula is C12H10ClFN2O2. The molecule has 1 atom stereocenters. The van der Waals surface area contributed by atoms with Gasteiger partial charge >= 0.3 is 0 Å². The van der Waals surface area contributed by atoms with E-state index in [0.29, 0.717) is 5.02 Å². The Balaban J connectivity index is 2.47. The lowest BCUT2D eigenvalue weighted by atomic mass is 10.1. The molecule has 2 aromatic rings. The largest absolute Gasteiger partial charge is 0.480 e. The van der Waals surface area contributed by atoms with Crippen molar-refractivity contribution in [3.05, 3.63) is 52.7 Å². The Labute approximate surface area is 108 Å². The first-order valence-corrected chi connectivity index (χ1v) is 5.49. The lowest BCUT2D eigenvalue weighted by molar-refractivity contribution is 0.202. The van der Waals surface area contributed by atoms with Gasteiger partial charge in [0.2, 0.25) is 5.88 Å². The van der Waals surface area contributed by atoms with Crippen molar-refractivity contribution in [3.8, 4) is 5.88 Å². The van der Waals surface area contributed by atoms with E-state index in [2.05, 4.69) is 9.97 Å². The third-order valence-corrected chi connectivity index (χ3v) is 2.63. The van der Waals surface area contributed by atoms with Crippen LogP contribution in [0.5, 0.6) is 5.88 Å². The second-order valence-corrected chi connectivity index (χ2v) is 3.96. The van der Waals surface area contributed by atoms with Gasteiger partial charge in [-0.05, 0) is 18.2 Å². The van der Waals surface area contributed by atoms with Crippen molar-refractivity contribution >= 4 is 11.6 Å². The van der Waals surface area contributed by atoms with Gasteiger partial charge in [-0.3, -0.25) is 4.98 Å². The summed E-state index contributed by atoms with van der Waals surface area (Å²) in [7, 11) is 1.40. The lowest BCUT2D eigenvalue weighted by Gasteiger charge is -2.13. The van der Waals surface area contributed by atoms with Crippen LogP contribution in [0.4, 0.5) is 4.39 Å². The summed E-state index contributed by atoms with van der Waals surface area (Å²) in [5.41, 5.74) is 0.169. The summed E-state index contributed by atoms with van der Waals surface area (Å²) in [6.45, 7) is 0. The van der Waals surface area contributed by atoms with E-state index >= 15 is 0 Å². The molecule has 0 aliphatic heterocycles. The van der Waals surface area contributed by atoms with Crippen molar-refractivity contribution in [2.75, 3.05) is 7.11 Å². The Morgan fingerprint density at radius 1 is 1.33 bits per heavy atom. The van der Waals surface area contributed by atoms with Gasteiger partial charge in [0.15, 0.2) is 0 Å². The minimum atomic E-state index is -1.28. The molecule has 2 rings (SSSR count). The normalized spacial score (nSPS) is 12.2. The molecule has 0 saturated carbocycles. The number of methoxy groups -OCH3 is 1. The second kappa shape index (κ2) is 5.29. The molecule has 0 spiro atoms. The predicted octanol–water partition coefficient (Wildman–Crippen LogP) is 2.36. The van der Waals surface area contributed by atoms with Crippen LogP contribution in [0, 0.1) is 5.82 Å². The van der Waals surface area contributed by atoms with E-state index in [0.717, 1.165) is 0 Å². The van der Waals surface area contributed by atoms with Crippen LogP contribution in [0.1, 0.15) is 17.4 Å². The van der Waals surface area contributed by atoms with Crippen molar-refractivity contribution in [1.82, 2.24) is 9.97 Å². The molecule has 1 heterocycles. The summed E-state index contributed by atoms with van der Waals surface area (Å²) >= 11 is 5.78. The molecule has 6 heteroatoms. The van der Waals surface area contributed by atoms with E-state index in [1.165, 1.54) is 37.7 Å². The molecule has 0 aliphatic rings. The maximum Gasteiger partial charge on any atom is 0.238 e. The Hall–Kier alpha value is -1.72. The van der Waals surface area contributed by atoms with Crippen LogP contribution in [-0.4, -0.2) is 22.2 Å². The van der Waals surface area contributed by atoms with E-state index in [1.807, 2.05) is 0 Å². The highest BCUT2D eigenvalue weighted by molar-refractivity contribution is 6.30. The number of aliphatic hydroxyl groups is 1. The quantitative estimate of drug-likeness (QED) is 0.928. The Kier molecular flexibility index (Phi) is 3.74. The van der Waals surface area contributed by atoms with Gasteiger partial charge in [0.05, 0.1) is 7.11 Å². The Morgan fingerprint density at radius 3 is 2.78 bits per heavy atom. The molecule has 18 heavy (non-hydrogen) atoms. The first kappa shape index (κ1) is 12.7. The SMILES string of the molecule is COc1nccnc1C(O)c1cc(Cl)ccc1F. The zero-order valence-electron chi connectivity index (χ0n) is 9.47. The number of rotatable bonds is 3. The Morgan fingerprint density at radius 2 is 2.06 bits per heavy atom. The second-order valence-electron chi connectivity index (χ2n) is 3.52. The monoisotopic (exact) mass is 268 g/mol. The summed E-state index contributed by atoms with van der Waals surface area (Å²) in [4.78, 5) is 7.85. The molecule has 0 fully saturated rings. The lowest BCUT2D eigenvalue weighted by Crippen LogP contribution is -2.08. The summed E-state index contributed by atoms with van der Waals surface area (Å²) < 4.78 is 18.6. The summed E-state index contributed by atoms with van der Waals surface area (Å²) in [6, 6.07) is 3.93. The molecule has 1 unspecified atom stereocenters. The fourth-order valence-corrected chi connectivity index (χ4v) is 1.73. The average Bonchev–Trinajstić information content (AvgIpc) is 2.40. The molecule has 94 valence electrons. The maximum absolute atomic E-state index is 13.6. The fourth-order valence-electron chi connectivity index (χ4n) is 1.55. The zero-order chi connectivity index (χ0) is 13.1. The van der Waals surface area contributed by atoms with Gasteiger partial charge in [-0.2, -0.15) is 0 Å². The van der Waals surface area contributed by atoms with Crippen LogP contribution < -0.4 is 4.74 Å². The van der Waals surface area contributed by atoms with Gasteiger partial charge in [0, 0.05) is 23.0 Å². The van der Waals surface area contributed by atoms with Gasteiger partial charge in [-0.1, -0.05) is 11.6 Å². The van der Waals surface area contributed by atoms with Crippen LogP contribution in [0.2, 0.25) is 5.02 Å². The van der Waals surface area contributed by atoms with Gasteiger partial charge in [-0.25, -0.2) is 9.37 Å². The first-order valence-electron chi connectivity index (χ1n) is 5.11. The molecule has 0 saturated heterocycles. The first-order chi connectivity index (χ1) is 8.63. The molecule has 1 aromatic heterocycles. The molecule has 4 nitrogen and oxygen atoms in total. The number of hydrogen-bond donors (Lipinski definition) is 1. The van der Waals surface area contributed by atoms with Gasteiger partial charge < -0.3 is 9.84 Å². The molecule has 0 amide bonds. The van der Waals surface area contributed by atoms with E-state index in [4.69, 9.17) is 16.3 Å². The van der Waals surface area contributed by atoms with Crippen molar-refractivity contribution in [1.29, 1.82) is 0 Å². The molecule has 0 bridgehead atoms. The number of aliphatic hydroxyl groups excluding tert-OH is 1. The molecule has 0 radical (unpaired) electrons. The summed E-state index contributed by atoms with van der Waals surface area (Å²) in [5, 5.41) is 10.5. The summed E-state index contributed by atoms with van der Waals surface area (Å²) in [6.07, 6.45) is 1.53. The van der Waals surface area contributed by atoms with Gasteiger partial charge in [-0.15, -0.1) is 0 Å². The average molecular weight is 269 g/mol. The molecule has 1 N–H and O–H groups in total. The minimum absolute atomic E-state index is 0.0290. The topological polar surface area (TPSA) is 55.2 Å². The van der Waals surface area contributed by atoms with E-state index < -0.39 is 11.9 Å². The molecule has 1 aromatic carbocycles. The third-order valence-electron chi connectivity index (χ3n) is 2.40. The zero-order valence-corrected chi connectivity index (χ0v) is 10.2. The number of benzene rings is 1. The smallest absolute Gasteiger partial charge is 0.238 e. The third kappa shape index (κ3) is 2.42. The van der Waals surface area contributed by atoms with Crippen molar-refractivity contribution in [2.24, 2.45) is 0 Å². The van der Waals surface area contributed by atoms with Gasteiger partial charge in [0.1, 0.15) is 17.6 Å². The fraction of sp³-hybridized carbons (Fsp3) is 0.167. The van der Waals surface area contributed by atoms with Crippen LogP contribution in [0.3, 0.4) is 0 Å². The predicted molar refractivity (Wildman–Crippen MR) is 64.1 cm³/mol.